The van der Waals surface area contributed by atoms with Crippen molar-refractivity contribution in [2.45, 2.75) is 31.8 Å². The van der Waals surface area contributed by atoms with Gasteiger partial charge in [-0.1, -0.05) is 0 Å². The van der Waals surface area contributed by atoms with E-state index >= 15 is 0 Å². The van der Waals surface area contributed by atoms with Gasteiger partial charge < -0.3 is 5.32 Å². The Morgan fingerprint density at radius 2 is 2.00 bits per heavy atom. The normalized spacial score (nSPS) is 21.5. The molecule has 2 atom stereocenters. The van der Waals surface area contributed by atoms with Crippen LogP contribution >= 0.6 is 0 Å². The van der Waals surface area contributed by atoms with Crippen LogP contribution in [0.1, 0.15) is 31.4 Å². The minimum Gasteiger partial charge on any atom is -0.355 e. The van der Waals surface area contributed by atoms with Crippen LogP contribution in [0.4, 0.5) is 8.78 Å². The largest absolute Gasteiger partial charge is 0.355 e. The summed E-state index contributed by atoms with van der Waals surface area (Å²) in [6.07, 6.45) is 1.65. The SMILES string of the molecule is CC(NC1CCCNC1=O)c1cc(F)cc(F)c1. The van der Waals surface area contributed by atoms with Crippen LogP contribution in [0, 0.1) is 11.6 Å². The highest BCUT2D eigenvalue weighted by Crippen LogP contribution is 2.18. The van der Waals surface area contributed by atoms with Crippen molar-refractivity contribution in [1.29, 1.82) is 0 Å². The Balaban J connectivity index is 2.06. The molecule has 1 aliphatic rings. The molecule has 1 amide bonds. The molecule has 1 aromatic carbocycles. The third-order valence-electron chi connectivity index (χ3n) is 3.12. The molecular formula is C13H16F2N2O. The number of hydrogen-bond donors (Lipinski definition) is 2. The molecule has 0 radical (unpaired) electrons. The quantitative estimate of drug-likeness (QED) is 0.865. The first-order valence-electron chi connectivity index (χ1n) is 6.06. The van der Waals surface area contributed by atoms with Gasteiger partial charge in [0.2, 0.25) is 5.91 Å². The highest BCUT2D eigenvalue weighted by Gasteiger charge is 2.23. The van der Waals surface area contributed by atoms with E-state index in [0.717, 1.165) is 18.9 Å². The number of halogens is 2. The van der Waals surface area contributed by atoms with Gasteiger partial charge in [0.25, 0.3) is 0 Å². The van der Waals surface area contributed by atoms with Crippen LogP contribution in [0.25, 0.3) is 0 Å². The van der Waals surface area contributed by atoms with Crippen LogP contribution in [0.5, 0.6) is 0 Å². The molecule has 0 aliphatic carbocycles. The van der Waals surface area contributed by atoms with Crippen molar-refractivity contribution in [3.05, 3.63) is 35.4 Å². The molecule has 0 bridgehead atoms. The van der Waals surface area contributed by atoms with E-state index in [9.17, 15) is 13.6 Å². The van der Waals surface area contributed by atoms with Crippen LogP contribution < -0.4 is 10.6 Å². The maximum Gasteiger partial charge on any atom is 0.237 e. The second kappa shape index (κ2) is 5.44. The van der Waals surface area contributed by atoms with E-state index in [1.807, 2.05) is 0 Å². The first-order chi connectivity index (χ1) is 8.56. The molecular weight excluding hydrogens is 238 g/mol. The van der Waals surface area contributed by atoms with Crippen molar-refractivity contribution in [2.24, 2.45) is 0 Å². The van der Waals surface area contributed by atoms with E-state index < -0.39 is 11.6 Å². The molecule has 2 rings (SSSR count). The number of benzene rings is 1. The second-order valence-electron chi connectivity index (χ2n) is 4.58. The summed E-state index contributed by atoms with van der Waals surface area (Å²) in [5.41, 5.74) is 0.505. The lowest BCUT2D eigenvalue weighted by molar-refractivity contribution is -0.124. The van der Waals surface area contributed by atoms with Crippen molar-refractivity contribution in [1.82, 2.24) is 10.6 Å². The number of hydrogen-bond acceptors (Lipinski definition) is 2. The molecule has 1 aromatic rings. The minimum absolute atomic E-state index is 0.0509. The van der Waals surface area contributed by atoms with Crippen molar-refractivity contribution in [3.8, 4) is 0 Å². The molecule has 0 spiro atoms. The summed E-state index contributed by atoms with van der Waals surface area (Å²) in [4.78, 5) is 11.6. The van der Waals surface area contributed by atoms with Gasteiger partial charge in [0.15, 0.2) is 0 Å². The number of piperidine rings is 1. The molecule has 0 aromatic heterocycles. The first kappa shape index (κ1) is 13.0. The van der Waals surface area contributed by atoms with Gasteiger partial charge in [-0.05, 0) is 37.5 Å². The van der Waals surface area contributed by atoms with Crippen LogP contribution in [0.3, 0.4) is 0 Å². The summed E-state index contributed by atoms with van der Waals surface area (Å²) in [6, 6.07) is 2.83. The summed E-state index contributed by atoms with van der Waals surface area (Å²) in [6.45, 7) is 2.48. The lowest BCUT2D eigenvalue weighted by atomic mass is 10.0. The van der Waals surface area contributed by atoms with Gasteiger partial charge in [0.05, 0.1) is 6.04 Å². The van der Waals surface area contributed by atoms with Crippen LogP contribution in [0.2, 0.25) is 0 Å². The number of rotatable bonds is 3. The molecule has 5 heteroatoms. The molecule has 1 heterocycles. The fourth-order valence-electron chi connectivity index (χ4n) is 2.15. The van der Waals surface area contributed by atoms with Gasteiger partial charge >= 0.3 is 0 Å². The standard InChI is InChI=1S/C13H16F2N2O/c1-8(9-5-10(14)7-11(15)6-9)17-12-3-2-4-16-13(12)18/h5-8,12,17H,2-4H2,1H3,(H,16,18). The van der Waals surface area contributed by atoms with E-state index in [-0.39, 0.29) is 18.0 Å². The van der Waals surface area contributed by atoms with E-state index in [2.05, 4.69) is 10.6 Å². The van der Waals surface area contributed by atoms with Crippen molar-refractivity contribution < 1.29 is 13.6 Å². The summed E-state index contributed by atoms with van der Waals surface area (Å²) in [5.74, 6) is -1.26. The molecule has 2 N–H and O–H groups in total. The Morgan fingerprint density at radius 3 is 2.61 bits per heavy atom. The van der Waals surface area contributed by atoms with Gasteiger partial charge in [-0.2, -0.15) is 0 Å². The zero-order valence-corrected chi connectivity index (χ0v) is 10.2. The molecule has 18 heavy (non-hydrogen) atoms. The molecule has 98 valence electrons. The second-order valence-corrected chi connectivity index (χ2v) is 4.58. The van der Waals surface area contributed by atoms with Crippen LogP contribution in [-0.4, -0.2) is 18.5 Å². The number of amides is 1. The average Bonchev–Trinajstić information content (AvgIpc) is 2.31. The fourth-order valence-corrected chi connectivity index (χ4v) is 2.15. The van der Waals surface area contributed by atoms with Crippen molar-refractivity contribution in [3.63, 3.8) is 0 Å². The number of carbonyl (C=O) groups is 1. The summed E-state index contributed by atoms with van der Waals surface area (Å²) in [7, 11) is 0. The zero-order valence-electron chi connectivity index (χ0n) is 10.2. The van der Waals surface area contributed by atoms with Gasteiger partial charge in [0.1, 0.15) is 11.6 Å². The molecule has 1 aliphatic heterocycles. The van der Waals surface area contributed by atoms with Crippen molar-refractivity contribution >= 4 is 5.91 Å². The number of nitrogens with one attached hydrogen (secondary N) is 2. The fraction of sp³-hybridized carbons (Fsp3) is 0.462. The van der Waals surface area contributed by atoms with E-state index in [0.29, 0.717) is 12.1 Å². The molecule has 1 fully saturated rings. The Bertz CT molecular complexity index is 430. The van der Waals surface area contributed by atoms with Gasteiger partial charge in [-0.15, -0.1) is 0 Å². The summed E-state index contributed by atoms with van der Waals surface area (Å²) < 4.78 is 26.2. The smallest absolute Gasteiger partial charge is 0.237 e. The lowest BCUT2D eigenvalue weighted by Crippen LogP contribution is -2.48. The number of carbonyl (C=O) groups excluding carboxylic acids is 1. The molecule has 0 saturated carbocycles. The summed E-state index contributed by atoms with van der Waals surface area (Å²) in [5, 5.41) is 5.86. The van der Waals surface area contributed by atoms with Crippen LogP contribution in [0.15, 0.2) is 18.2 Å². The third-order valence-corrected chi connectivity index (χ3v) is 3.12. The highest BCUT2D eigenvalue weighted by atomic mass is 19.1. The van der Waals surface area contributed by atoms with Gasteiger partial charge in [-0.3, -0.25) is 10.1 Å². The van der Waals surface area contributed by atoms with E-state index in [1.165, 1.54) is 12.1 Å². The predicted octanol–water partition coefficient (Wildman–Crippen LogP) is 1.89. The van der Waals surface area contributed by atoms with Gasteiger partial charge in [0, 0.05) is 18.7 Å². The zero-order chi connectivity index (χ0) is 13.1. The first-order valence-corrected chi connectivity index (χ1v) is 6.06. The maximum absolute atomic E-state index is 13.1. The van der Waals surface area contributed by atoms with E-state index in [4.69, 9.17) is 0 Å². The van der Waals surface area contributed by atoms with E-state index in [1.54, 1.807) is 6.92 Å². The molecule has 1 saturated heterocycles. The predicted molar refractivity (Wildman–Crippen MR) is 63.9 cm³/mol. The monoisotopic (exact) mass is 254 g/mol. The average molecular weight is 254 g/mol. The maximum atomic E-state index is 13.1. The molecule has 2 unspecified atom stereocenters. The van der Waals surface area contributed by atoms with Gasteiger partial charge in [-0.25, -0.2) is 8.78 Å². The Morgan fingerprint density at radius 1 is 1.33 bits per heavy atom. The Labute approximate surface area is 105 Å². The topological polar surface area (TPSA) is 41.1 Å². The van der Waals surface area contributed by atoms with Crippen LogP contribution in [-0.2, 0) is 4.79 Å². The third kappa shape index (κ3) is 3.04. The lowest BCUT2D eigenvalue weighted by Gasteiger charge is -2.26. The highest BCUT2D eigenvalue weighted by molar-refractivity contribution is 5.82. The summed E-state index contributed by atoms with van der Waals surface area (Å²) >= 11 is 0. The van der Waals surface area contributed by atoms with Crippen molar-refractivity contribution in [2.75, 3.05) is 6.54 Å². The molecule has 3 nitrogen and oxygen atoms in total. The minimum atomic E-state index is -0.605. The Hall–Kier alpha value is -1.49. The Kier molecular flexibility index (Phi) is 3.91.